The molecule has 0 saturated carbocycles. The Morgan fingerprint density at radius 1 is 1.42 bits per heavy atom. The van der Waals surface area contributed by atoms with Crippen LogP contribution in [-0.4, -0.2) is 51.0 Å². The number of nitrogens with one attached hydrogen (secondary N) is 2. The Morgan fingerprint density at radius 3 is 2.88 bits per heavy atom. The lowest BCUT2D eigenvalue weighted by molar-refractivity contribution is 0.0888. The van der Waals surface area contributed by atoms with E-state index >= 15 is 0 Å². The van der Waals surface area contributed by atoms with Gasteiger partial charge in [-0.05, 0) is 26.7 Å². The van der Waals surface area contributed by atoms with Gasteiger partial charge >= 0.3 is 0 Å². The molecule has 0 bridgehead atoms. The molecule has 138 valence electrons. The van der Waals surface area contributed by atoms with Crippen molar-refractivity contribution in [1.82, 2.24) is 15.6 Å². The highest BCUT2D eigenvalue weighted by atomic mass is 127. The molecule has 0 radical (unpaired) electrons. The maximum Gasteiger partial charge on any atom is 0.191 e. The van der Waals surface area contributed by atoms with Crippen LogP contribution in [0.2, 0.25) is 0 Å². The molecule has 2 N–H and O–H groups in total. The minimum absolute atomic E-state index is 0. The van der Waals surface area contributed by atoms with Crippen LogP contribution in [0, 0.1) is 19.8 Å². The minimum Gasteiger partial charge on any atom is -0.381 e. The van der Waals surface area contributed by atoms with Gasteiger partial charge in [-0.25, -0.2) is 4.98 Å². The first-order valence-corrected chi connectivity index (χ1v) is 9.03. The minimum atomic E-state index is 0. The molecule has 2 rings (SSSR count). The summed E-state index contributed by atoms with van der Waals surface area (Å²) in [5.74, 6) is 1.39. The molecule has 1 unspecified atom stereocenters. The maximum absolute atomic E-state index is 5.69. The van der Waals surface area contributed by atoms with E-state index in [1.807, 2.05) is 6.92 Å². The van der Waals surface area contributed by atoms with Gasteiger partial charge in [-0.1, -0.05) is 0 Å². The Hall–Kier alpha value is -0.450. The number of rotatable bonds is 8. The summed E-state index contributed by atoms with van der Waals surface area (Å²) >= 11 is 1.73. The fourth-order valence-electron chi connectivity index (χ4n) is 2.34. The van der Waals surface area contributed by atoms with E-state index in [0.717, 1.165) is 62.5 Å². The topological polar surface area (TPSA) is 67.8 Å². The van der Waals surface area contributed by atoms with Gasteiger partial charge in [0.2, 0.25) is 0 Å². The number of aromatic nitrogens is 1. The van der Waals surface area contributed by atoms with Crippen LogP contribution in [0.5, 0.6) is 0 Å². The van der Waals surface area contributed by atoms with E-state index in [-0.39, 0.29) is 24.0 Å². The predicted molar refractivity (Wildman–Crippen MR) is 110 cm³/mol. The molecule has 0 aliphatic carbocycles. The third-order valence-corrected chi connectivity index (χ3v) is 4.91. The Morgan fingerprint density at radius 2 is 2.25 bits per heavy atom. The molecule has 24 heavy (non-hydrogen) atoms. The van der Waals surface area contributed by atoms with Crippen molar-refractivity contribution in [3.8, 4) is 0 Å². The molecule has 1 aliphatic heterocycles. The van der Waals surface area contributed by atoms with Crippen molar-refractivity contribution in [1.29, 1.82) is 0 Å². The molecule has 6 nitrogen and oxygen atoms in total. The van der Waals surface area contributed by atoms with Crippen molar-refractivity contribution >= 4 is 41.3 Å². The molecule has 2 heterocycles. The van der Waals surface area contributed by atoms with Crippen LogP contribution < -0.4 is 10.6 Å². The summed E-state index contributed by atoms with van der Waals surface area (Å²) in [5, 5.41) is 7.68. The van der Waals surface area contributed by atoms with E-state index in [2.05, 4.69) is 27.5 Å². The normalized spacial score (nSPS) is 17.6. The van der Waals surface area contributed by atoms with Crippen molar-refractivity contribution in [2.24, 2.45) is 10.9 Å². The molecule has 1 fully saturated rings. The number of aryl methyl sites for hydroxylation is 2. The van der Waals surface area contributed by atoms with Crippen LogP contribution in [-0.2, 0) is 16.0 Å². The van der Waals surface area contributed by atoms with Crippen molar-refractivity contribution in [2.75, 3.05) is 40.0 Å². The summed E-state index contributed by atoms with van der Waals surface area (Å²) < 4.78 is 11.0. The van der Waals surface area contributed by atoms with Crippen LogP contribution in [0.4, 0.5) is 0 Å². The number of hydrogen-bond donors (Lipinski definition) is 2. The van der Waals surface area contributed by atoms with Crippen molar-refractivity contribution in [3.63, 3.8) is 0 Å². The summed E-state index contributed by atoms with van der Waals surface area (Å²) in [6.07, 6.45) is 2.09. The van der Waals surface area contributed by atoms with Crippen LogP contribution >= 0.6 is 35.3 Å². The summed E-state index contributed by atoms with van der Waals surface area (Å²) in [7, 11) is 1.78. The Labute approximate surface area is 165 Å². The van der Waals surface area contributed by atoms with Gasteiger partial charge < -0.3 is 20.1 Å². The lowest BCUT2D eigenvalue weighted by Gasteiger charge is -2.12. The summed E-state index contributed by atoms with van der Waals surface area (Å²) in [6, 6.07) is 0. The summed E-state index contributed by atoms with van der Waals surface area (Å²) in [5.41, 5.74) is 1.11. The number of ether oxygens (including phenoxy) is 2. The first-order chi connectivity index (χ1) is 11.2. The molecule has 1 aromatic rings. The van der Waals surface area contributed by atoms with Gasteiger partial charge in [-0.15, -0.1) is 35.3 Å². The number of halogens is 1. The van der Waals surface area contributed by atoms with Crippen LogP contribution in [0.1, 0.15) is 28.4 Å². The smallest absolute Gasteiger partial charge is 0.191 e. The molecule has 8 heteroatoms. The van der Waals surface area contributed by atoms with E-state index in [4.69, 9.17) is 9.47 Å². The summed E-state index contributed by atoms with van der Waals surface area (Å²) in [4.78, 5) is 10.0. The zero-order chi connectivity index (χ0) is 16.5. The van der Waals surface area contributed by atoms with Crippen molar-refractivity contribution < 1.29 is 9.47 Å². The van der Waals surface area contributed by atoms with E-state index in [0.29, 0.717) is 12.5 Å². The predicted octanol–water partition coefficient (Wildman–Crippen LogP) is 2.49. The molecule has 1 atom stereocenters. The maximum atomic E-state index is 5.69. The zero-order valence-electron chi connectivity index (χ0n) is 14.8. The Balaban J connectivity index is 0.00000288. The van der Waals surface area contributed by atoms with Crippen LogP contribution in [0.25, 0.3) is 0 Å². The van der Waals surface area contributed by atoms with E-state index in [9.17, 15) is 0 Å². The van der Waals surface area contributed by atoms with E-state index in [1.165, 1.54) is 4.88 Å². The highest BCUT2D eigenvalue weighted by molar-refractivity contribution is 14.0. The largest absolute Gasteiger partial charge is 0.381 e. The second-order valence-electron chi connectivity index (χ2n) is 5.76. The average Bonchev–Trinajstić information content (AvgIpc) is 3.16. The molecule has 0 spiro atoms. The third-order valence-electron chi connectivity index (χ3n) is 3.84. The SMILES string of the molecule is CN=C(NCCCOCC1CCOC1)NCc1nc(C)c(C)s1.I. The molecule has 0 aromatic carbocycles. The first-order valence-electron chi connectivity index (χ1n) is 8.22. The molecular formula is C16H29IN4O2S. The average molecular weight is 468 g/mol. The van der Waals surface area contributed by atoms with Gasteiger partial charge in [-0.2, -0.15) is 0 Å². The number of guanidine groups is 1. The number of aliphatic imine (C=N–C) groups is 1. The van der Waals surface area contributed by atoms with Crippen LogP contribution in [0.15, 0.2) is 4.99 Å². The molecule has 1 aliphatic rings. The van der Waals surface area contributed by atoms with E-state index in [1.54, 1.807) is 18.4 Å². The number of hydrogen-bond acceptors (Lipinski definition) is 5. The Kier molecular flexibility index (Phi) is 10.8. The van der Waals surface area contributed by atoms with Crippen molar-refractivity contribution in [3.05, 3.63) is 15.6 Å². The van der Waals surface area contributed by atoms with Gasteiger partial charge in [-0.3, -0.25) is 4.99 Å². The highest BCUT2D eigenvalue weighted by Gasteiger charge is 2.15. The lowest BCUT2D eigenvalue weighted by Crippen LogP contribution is -2.37. The van der Waals surface area contributed by atoms with Gasteiger partial charge in [0.25, 0.3) is 0 Å². The molecule has 0 amide bonds. The van der Waals surface area contributed by atoms with E-state index < -0.39 is 0 Å². The monoisotopic (exact) mass is 468 g/mol. The van der Waals surface area contributed by atoms with Gasteiger partial charge in [0, 0.05) is 37.6 Å². The summed E-state index contributed by atoms with van der Waals surface area (Å²) in [6.45, 7) is 9.01. The fourth-order valence-corrected chi connectivity index (χ4v) is 3.21. The third kappa shape index (κ3) is 7.62. The standard InChI is InChI=1S/C16H28N4O2S.HI/c1-12-13(2)23-15(20-12)9-19-16(17-3)18-6-4-7-21-10-14-5-8-22-11-14;/h14H,4-11H2,1-3H3,(H2,17,18,19);1H. The highest BCUT2D eigenvalue weighted by Crippen LogP contribution is 2.15. The second kappa shape index (κ2) is 12.0. The zero-order valence-corrected chi connectivity index (χ0v) is 17.9. The molecule has 1 saturated heterocycles. The van der Waals surface area contributed by atoms with Gasteiger partial charge in [0.15, 0.2) is 5.96 Å². The number of thiazole rings is 1. The fraction of sp³-hybridized carbons (Fsp3) is 0.750. The Bertz CT molecular complexity index is 485. The van der Waals surface area contributed by atoms with Crippen molar-refractivity contribution in [2.45, 2.75) is 33.2 Å². The lowest BCUT2D eigenvalue weighted by atomic mass is 10.1. The van der Waals surface area contributed by atoms with Gasteiger partial charge in [0.1, 0.15) is 5.01 Å². The number of nitrogens with zero attached hydrogens (tertiary/aromatic N) is 2. The quantitative estimate of drug-likeness (QED) is 0.266. The molecular weight excluding hydrogens is 439 g/mol. The molecule has 1 aromatic heterocycles. The second-order valence-corrected chi connectivity index (χ2v) is 7.05. The van der Waals surface area contributed by atoms with Gasteiger partial charge in [0.05, 0.1) is 25.5 Å². The van der Waals surface area contributed by atoms with Crippen LogP contribution in [0.3, 0.4) is 0 Å². The first kappa shape index (κ1) is 21.6.